The van der Waals surface area contributed by atoms with Gasteiger partial charge in [0.1, 0.15) is 16.8 Å². The Kier molecular flexibility index (Phi) is 5.08. The van der Waals surface area contributed by atoms with Crippen molar-refractivity contribution in [1.82, 2.24) is 14.7 Å². The maximum atomic E-state index is 11.9. The van der Waals surface area contributed by atoms with Gasteiger partial charge in [-0.05, 0) is 32.1 Å². The first-order chi connectivity index (χ1) is 11.0. The summed E-state index contributed by atoms with van der Waals surface area (Å²) in [5, 5.41) is 0.489. The van der Waals surface area contributed by atoms with Gasteiger partial charge in [0.05, 0.1) is 5.75 Å². The fourth-order valence-corrected chi connectivity index (χ4v) is 4.50. The Balaban J connectivity index is 1.61. The standard InChI is InChI=1S/C15H23ClN4O2S/c1-2-9-23(21,22)19-12-5-7-20(8-6-12)14-10-13(16)17-15(18-14)11-3-4-11/h10-12,19H,2-9H2,1H3. The third-order valence-corrected chi connectivity index (χ3v) is 6.11. The first-order valence-corrected chi connectivity index (χ1v) is 10.3. The second kappa shape index (κ2) is 6.91. The summed E-state index contributed by atoms with van der Waals surface area (Å²) >= 11 is 6.12. The number of hydrogen-bond donors (Lipinski definition) is 1. The third-order valence-electron chi connectivity index (χ3n) is 4.28. The number of halogens is 1. The first kappa shape index (κ1) is 16.9. The van der Waals surface area contributed by atoms with E-state index in [9.17, 15) is 8.42 Å². The van der Waals surface area contributed by atoms with Gasteiger partial charge in [0.2, 0.25) is 10.0 Å². The zero-order chi connectivity index (χ0) is 16.4. The summed E-state index contributed by atoms with van der Waals surface area (Å²) in [5.74, 6) is 2.37. The lowest BCUT2D eigenvalue weighted by Gasteiger charge is -2.33. The molecule has 1 aromatic heterocycles. The molecule has 2 fully saturated rings. The lowest BCUT2D eigenvalue weighted by molar-refractivity contribution is 0.458. The smallest absolute Gasteiger partial charge is 0.211 e. The molecule has 23 heavy (non-hydrogen) atoms. The van der Waals surface area contributed by atoms with Crippen LogP contribution in [0.1, 0.15) is 50.8 Å². The van der Waals surface area contributed by atoms with Crippen molar-refractivity contribution in [1.29, 1.82) is 0 Å². The molecule has 0 unspecified atom stereocenters. The monoisotopic (exact) mass is 358 g/mol. The minimum absolute atomic E-state index is 0.0167. The minimum Gasteiger partial charge on any atom is -0.356 e. The van der Waals surface area contributed by atoms with Crippen LogP contribution in [-0.4, -0.2) is 43.3 Å². The molecule has 0 spiro atoms. The topological polar surface area (TPSA) is 75.2 Å². The number of hydrogen-bond acceptors (Lipinski definition) is 5. The van der Waals surface area contributed by atoms with E-state index in [2.05, 4.69) is 19.6 Å². The molecule has 2 aliphatic rings. The number of piperidine rings is 1. The van der Waals surface area contributed by atoms with Gasteiger partial charge in [0.25, 0.3) is 0 Å². The molecule has 6 nitrogen and oxygen atoms in total. The van der Waals surface area contributed by atoms with Gasteiger partial charge in [0, 0.05) is 31.1 Å². The largest absolute Gasteiger partial charge is 0.356 e. The van der Waals surface area contributed by atoms with Gasteiger partial charge in [-0.1, -0.05) is 18.5 Å². The second-order valence-corrected chi connectivity index (χ2v) is 8.64. The van der Waals surface area contributed by atoms with E-state index in [-0.39, 0.29) is 11.8 Å². The Morgan fingerprint density at radius 2 is 1.96 bits per heavy atom. The Morgan fingerprint density at radius 3 is 2.57 bits per heavy atom. The highest BCUT2D eigenvalue weighted by Crippen LogP contribution is 2.39. The number of nitrogens with zero attached hydrogens (tertiary/aromatic N) is 3. The van der Waals surface area contributed by atoms with Gasteiger partial charge in [-0.25, -0.2) is 23.1 Å². The van der Waals surface area contributed by atoms with E-state index in [0.717, 1.165) is 50.4 Å². The van der Waals surface area contributed by atoms with E-state index in [1.54, 1.807) is 6.07 Å². The van der Waals surface area contributed by atoms with Gasteiger partial charge in [-0.3, -0.25) is 0 Å². The van der Waals surface area contributed by atoms with Crippen LogP contribution in [0.2, 0.25) is 5.15 Å². The first-order valence-electron chi connectivity index (χ1n) is 8.26. The summed E-state index contributed by atoms with van der Waals surface area (Å²) in [6.07, 6.45) is 4.48. The summed E-state index contributed by atoms with van der Waals surface area (Å²) < 4.78 is 26.5. The molecular formula is C15H23ClN4O2S. The molecule has 0 amide bonds. The lowest BCUT2D eigenvalue weighted by Crippen LogP contribution is -2.45. The fourth-order valence-electron chi connectivity index (χ4n) is 2.92. The van der Waals surface area contributed by atoms with Crippen molar-refractivity contribution in [2.45, 2.75) is 51.0 Å². The summed E-state index contributed by atoms with van der Waals surface area (Å²) in [6.45, 7) is 3.42. The van der Waals surface area contributed by atoms with Crippen LogP contribution in [0.15, 0.2) is 6.07 Å². The van der Waals surface area contributed by atoms with Crippen LogP contribution in [-0.2, 0) is 10.0 Å². The zero-order valence-electron chi connectivity index (χ0n) is 13.3. The zero-order valence-corrected chi connectivity index (χ0v) is 14.9. The SMILES string of the molecule is CCCS(=O)(=O)NC1CCN(c2cc(Cl)nc(C3CC3)n2)CC1. The van der Waals surface area contributed by atoms with Crippen LogP contribution in [0, 0.1) is 0 Å². The molecule has 1 saturated carbocycles. The Morgan fingerprint density at radius 1 is 1.26 bits per heavy atom. The Hall–Kier alpha value is -0.920. The summed E-state index contributed by atoms with van der Waals surface area (Å²) in [6, 6.07) is 1.82. The van der Waals surface area contributed by atoms with Crippen molar-refractivity contribution >= 4 is 27.4 Å². The maximum Gasteiger partial charge on any atom is 0.211 e. The van der Waals surface area contributed by atoms with Gasteiger partial charge in [-0.2, -0.15) is 0 Å². The van der Waals surface area contributed by atoms with Crippen molar-refractivity contribution in [3.05, 3.63) is 17.0 Å². The van der Waals surface area contributed by atoms with Gasteiger partial charge >= 0.3 is 0 Å². The van der Waals surface area contributed by atoms with E-state index in [1.165, 1.54) is 0 Å². The molecule has 1 aliphatic carbocycles. The van der Waals surface area contributed by atoms with Crippen molar-refractivity contribution in [2.75, 3.05) is 23.7 Å². The van der Waals surface area contributed by atoms with Crippen LogP contribution in [0.4, 0.5) is 5.82 Å². The van der Waals surface area contributed by atoms with Crippen molar-refractivity contribution in [2.24, 2.45) is 0 Å². The molecule has 0 atom stereocenters. The summed E-state index contributed by atoms with van der Waals surface area (Å²) in [7, 11) is -3.15. The lowest BCUT2D eigenvalue weighted by atomic mass is 10.1. The molecule has 2 heterocycles. The van der Waals surface area contributed by atoms with E-state index in [4.69, 9.17) is 11.6 Å². The predicted octanol–water partition coefficient (Wildman–Crippen LogP) is 2.31. The van der Waals surface area contributed by atoms with Crippen LogP contribution >= 0.6 is 11.6 Å². The Labute approximate surface area is 142 Å². The van der Waals surface area contributed by atoms with E-state index >= 15 is 0 Å². The number of anilines is 1. The van der Waals surface area contributed by atoms with Crippen LogP contribution in [0.25, 0.3) is 0 Å². The predicted molar refractivity (Wildman–Crippen MR) is 91.5 cm³/mol. The van der Waals surface area contributed by atoms with Crippen LogP contribution in [0.3, 0.4) is 0 Å². The molecular weight excluding hydrogens is 336 g/mol. The van der Waals surface area contributed by atoms with E-state index in [0.29, 0.717) is 17.5 Å². The average molecular weight is 359 g/mol. The minimum atomic E-state index is -3.15. The molecule has 1 N–H and O–H groups in total. The molecule has 0 radical (unpaired) electrons. The third kappa shape index (κ3) is 4.55. The molecule has 0 bridgehead atoms. The van der Waals surface area contributed by atoms with Crippen molar-refractivity contribution in [3.8, 4) is 0 Å². The van der Waals surface area contributed by atoms with Crippen molar-refractivity contribution in [3.63, 3.8) is 0 Å². The normalized spacial score (nSPS) is 20.0. The molecule has 1 saturated heterocycles. The van der Waals surface area contributed by atoms with Crippen molar-refractivity contribution < 1.29 is 8.42 Å². The van der Waals surface area contributed by atoms with Crippen LogP contribution in [0.5, 0.6) is 0 Å². The van der Waals surface area contributed by atoms with Gasteiger partial charge in [0.15, 0.2) is 0 Å². The maximum absolute atomic E-state index is 11.9. The molecule has 0 aromatic carbocycles. The van der Waals surface area contributed by atoms with Crippen LogP contribution < -0.4 is 9.62 Å². The quantitative estimate of drug-likeness (QED) is 0.790. The summed E-state index contributed by atoms with van der Waals surface area (Å²) in [5.41, 5.74) is 0. The molecule has 1 aromatic rings. The number of aromatic nitrogens is 2. The molecule has 128 valence electrons. The van der Waals surface area contributed by atoms with E-state index in [1.807, 2.05) is 6.92 Å². The highest BCUT2D eigenvalue weighted by molar-refractivity contribution is 7.89. The van der Waals surface area contributed by atoms with Gasteiger partial charge < -0.3 is 4.90 Å². The number of rotatable bonds is 6. The number of nitrogens with one attached hydrogen (secondary N) is 1. The molecule has 3 rings (SSSR count). The highest BCUT2D eigenvalue weighted by atomic mass is 35.5. The van der Waals surface area contributed by atoms with Gasteiger partial charge in [-0.15, -0.1) is 0 Å². The summed E-state index contributed by atoms with van der Waals surface area (Å²) in [4.78, 5) is 11.1. The molecule has 8 heteroatoms. The highest BCUT2D eigenvalue weighted by Gasteiger charge is 2.29. The second-order valence-electron chi connectivity index (χ2n) is 6.38. The molecule has 1 aliphatic heterocycles. The Bertz CT molecular complexity index is 655. The average Bonchev–Trinajstić information content (AvgIpc) is 3.31. The fraction of sp³-hybridized carbons (Fsp3) is 0.733. The van der Waals surface area contributed by atoms with E-state index < -0.39 is 10.0 Å². The number of sulfonamides is 1.